The Morgan fingerprint density at radius 1 is 1.00 bits per heavy atom. The quantitative estimate of drug-likeness (QED) is 0.137. The van der Waals surface area contributed by atoms with Gasteiger partial charge in [-0.3, -0.25) is 9.87 Å². The standard InChI is InChI=1S/C30H31ClN2O3/c1-4-5-16-35-36-29(34)18-26-21(3)17-28-25(30(26)22-10-12-23(31)13-11-22)15-14-24(33-28)19-32-27-9-7-6-8-20(27)2/h6-15,17,32H,4-5,16,18-19H2,1-3H3. The molecular formula is C30H31ClN2O3. The molecule has 0 unspecified atom stereocenters. The molecule has 0 amide bonds. The number of rotatable bonds is 10. The van der Waals surface area contributed by atoms with Crippen molar-refractivity contribution in [1.29, 1.82) is 0 Å². The summed E-state index contributed by atoms with van der Waals surface area (Å²) < 4.78 is 0. The Morgan fingerprint density at radius 3 is 2.53 bits per heavy atom. The second-order valence-electron chi connectivity index (χ2n) is 8.90. The summed E-state index contributed by atoms with van der Waals surface area (Å²) in [5, 5.41) is 5.10. The van der Waals surface area contributed by atoms with E-state index >= 15 is 0 Å². The first-order valence-electron chi connectivity index (χ1n) is 12.3. The normalized spacial score (nSPS) is 11.0. The number of benzene rings is 3. The molecule has 6 heteroatoms. The number of nitrogens with zero attached hydrogens (tertiary/aromatic N) is 1. The van der Waals surface area contributed by atoms with Crippen molar-refractivity contribution < 1.29 is 14.6 Å². The zero-order valence-corrected chi connectivity index (χ0v) is 21.7. The van der Waals surface area contributed by atoms with Crippen molar-refractivity contribution in [2.24, 2.45) is 0 Å². The average Bonchev–Trinajstić information content (AvgIpc) is 2.87. The first kappa shape index (κ1) is 25.7. The van der Waals surface area contributed by atoms with Gasteiger partial charge in [0.15, 0.2) is 0 Å². The molecule has 0 atom stereocenters. The monoisotopic (exact) mass is 502 g/mol. The molecule has 4 aromatic rings. The first-order chi connectivity index (χ1) is 17.5. The Labute approximate surface area is 217 Å². The highest BCUT2D eigenvalue weighted by molar-refractivity contribution is 6.30. The van der Waals surface area contributed by atoms with Gasteiger partial charge >= 0.3 is 5.97 Å². The number of unbranched alkanes of at least 4 members (excludes halogenated alkanes) is 1. The van der Waals surface area contributed by atoms with E-state index in [4.69, 9.17) is 26.4 Å². The van der Waals surface area contributed by atoms with Crippen LogP contribution in [0.1, 0.15) is 42.1 Å². The van der Waals surface area contributed by atoms with Gasteiger partial charge < -0.3 is 5.32 Å². The summed E-state index contributed by atoms with van der Waals surface area (Å²) in [4.78, 5) is 27.7. The van der Waals surface area contributed by atoms with Crippen molar-refractivity contribution in [2.45, 2.75) is 46.6 Å². The van der Waals surface area contributed by atoms with Crippen LogP contribution in [0, 0.1) is 13.8 Å². The minimum absolute atomic E-state index is 0.0997. The topological polar surface area (TPSA) is 60.5 Å². The predicted octanol–water partition coefficient (Wildman–Crippen LogP) is 7.60. The molecule has 0 saturated carbocycles. The van der Waals surface area contributed by atoms with Crippen LogP contribution in [-0.2, 0) is 27.5 Å². The minimum Gasteiger partial charge on any atom is -0.379 e. The Kier molecular flexibility index (Phi) is 8.57. The molecule has 186 valence electrons. The lowest BCUT2D eigenvalue weighted by Gasteiger charge is -2.17. The van der Waals surface area contributed by atoms with Crippen LogP contribution in [0.3, 0.4) is 0 Å². The van der Waals surface area contributed by atoms with Crippen LogP contribution in [0.2, 0.25) is 5.02 Å². The van der Waals surface area contributed by atoms with Gasteiger partial charge in [-0.05, 0) is 78.4 Å². The number of para-hydroxylation sites is 1. The SMILES string of the molecule is CCCCOOC(=O)Cc1c(C)cc2nc(CNc3ccccc3C)ccc2c1-c1ccc(Cl)cc1. The molecule has 0 aliphatic rings. The summed E-state index contributed by atoms with van der Waals surface area (Å²) in [6.07, 6.45) is 1.91. The van der Waals surface area contributed by atoms with E-state index in [2.05, 4.69) is 37.4 Å². The van der Waals surface area contributed by atoms with E-state index in [1.54, 1.807) is 0 Å². The lowest BCUT2D eigenvalue weighted by molar-refractivity contribution is -0.272. The van der Waals surface area contributed by atoms with E-state index in [-0.39, 0.29) is 6.42 Å². The van der Waals surface area contributed by atoms with Gasteiger partial charge in [0.25, 0.3) is 0 Å². The Morgan fingerprint density at radius 2 is 1.78 bits per heavy atom. The van der Waals surface area contributed by atoms with Gasteiger partial charge in [0.2, 0.25) is 0 Å². The number of fused-ring (bicyclic) bond motifs is 1. The smallest absolute Gasteiger partial charge is 0.346 e. The number of anilines is 1. The number of aryl methyl sites for hydroxylation is 2. The summed E-state index contributed by atoms with van der Waals surface area (Å²) in [6.45, 7) is 7.14. The average molecular weight is 503 g/mol. The molecule has 0 spiro atoms. The largest absolute Gasteiger partial charge is 0.379 e. The van der Waals surface area contributed by atoms with Crippen LogP contribution in [-0.4, -0.2) is 17.6 Å². The second kappa shape index (κ2) is 12.0. The van der Waals surface area contributed by atoms with Crippen molar-refractivity contribution in [3.63, 3.8) is 0 Å². The van der Waals surface area contributed by atoms with E-state index in [1.165, 1.54) is 5.56 Å². The van der Waals surface area contributed by atoms with Gasteiger partial charge in [0, 0.05) is 16.1 Å². The Hall–Kier alpha value is -3.41. The molecule has 36 heavy (non-hydrogen) atoms. The highest BCUT2D eigenvalue weighted by Gasteiger charge is 2.18. The fourth-order valence-corrected chi connectivity index (χ4v) is 4.33. The van der Waals surface area contributed by atoms with Gasteiger partial charge in [0.1, 0.15) is 0 Å². The van der Waals surface area contributed by atoms with E-state index in [0.717, 1.165) is 57.4 Å². The molecule has 0 saturated heterocycles. The summed E-state index contributed by atoms with van der Waals surface area (Å²) >= 11 is 6.16. The van der Waals surface area contributed by atoms with Gasteiger partial charge in [-0.2, -0.15) is 4.89 Å². The van der Waals surface area contributed by atoms with Gasteiger partial charge in [0.05, 0.1) is 30.8 Å². The summed E-state index contributed by atoms with van der Waals surface area (Å²) in [7, 11) is 0. The molecule has 4 rings (SSSR count). The van der Waals surface area contributed by atoms with Crippen molar-refractivity contribution in [2.75, 3.05) is 11.9 Å². The van der Waals surface area contributed by atoms with Gasteiger partial charge in [-0.1, -0.05) is 61.3 Å². The fraction of sp³-hybridized carbons (Fsp3) is 0.267. The third kappa shape index (κ3) is 6.23. The van der Waals surface area contributed by atoms with Crippen LogP contribution in [0.25, 0.3) is 22.0 Å². The molecule has 3 aromatic carbocycles. The summed E-state index contributed by atoms with van der Waals surface area (Å²) in [5.74, 6) is -0.421. The van der Waals surface area contributed by atoms with Crippen LogP contribution < -0.4 is 5.32 Å². The van der Waals surface area contributed by atoms with Crippen LogP contribution in [0.5, 0.6) is 0 Å². The van der Waals surface area contributed by atoms with Gasteiger partial charge in [-0.25, -0.2) is 4.79 Å². The Bertz CT molecular complexity index is 1350. The summed E-state index contributed by atoms with van der Waals surface area (Å²) in [5.41, 5.74) is 7.87. The van der Waals surface area contributed by atoms with E-state index < -0.39 is 5.97 Å². The molecule has 1 heterocycles. The maximum Gasteiger partial charge on any atom is 0.346 e. The molecule has 1 aromatic heterocycles. The maximum atomic E-state index is 12.6. The molecule has 1 N–H and O–H groups in total. The number of carbonyl (C=O) groups is 1. The highest BCUT2D eigenvalue weighted by Crippen LogP contribution is 2.35. The second-order valence-corrected chi connectivity index (χ2v) is 9.34. The number of aromatic nitrogens is 1. The fourth-order valence-electron chi connectivity index (χ4n) is 4.20. The van der Waals surface area contributed by atoms with E-state index in [1.807, 2.05) is 55.5 Å². The highest BCUT2D eigenvalue weighted by atomic mass is 35.5. The van der Waals surface area contributed by atoms with Crippen LogP contribution in [0.15, 0.2) is 66.7 Å². The third-order valence-corrected chi connectivity index (χ3v) is 6.43. The minimum atomic E-state index is -0.421. The molecular weight excluding hydrogens is 472 g/mol. The predicted molar refractivity (Wildman–Crippen MR) is 146 cm³/mol. The van der Waals surface area contributed by atoms with Gasteiger partial charge in [-0.15, -0.1) is 0 Å². The van der Waals surface area contributed by atoms with Crippen molar-refractivity contribution >= 4 is 34.2 Å². The number of hydrogen-bond acceptors (Lipinski definition) is 5. The van der Waals surface area contributed by atoms with Crippen molar-refractivity contribution in [3.8, 4) is 11.1 Å². The van der Waals surface area contributed by atoms with Crippen LogP contribution >= 0.6 is 11.6 Å². The maximum absolute atomic E-state index is 12.6. The molecule has 0 bridgehead atoms. The lowest BCUT2D eigenvalue weighted by Crippen LogP contribution is -2.12. The molecule has 5 nitrogen and oxygen atoms in total. The third-order valence-electron chi connectivity index (χ3n) is 6.17. The zero-order valence-electron chi connectivity index (χ0n) is 20.9. The Balaban J connectivity index is 1.68. The van der Waals surface area contributed by atoms with E-state index in [9.17, 15) is 4.79 Å². The zero-order chi connectivity index (χ0) is 25.5. The number of carbonyl (C=O) groups excluding carboxylic acids is 1. The number of nitrogens with one attached hydrogen (secondary N) is 1. The van der Waals surface area contributed by atoms with Crippen LogP contribution in [0.4, 0.5) is 5.69 Å². The molecule has 0 aliphatic carbocycles. The van der Waals surface area contributed by atoms with E-state index in [0.29, 0.717) is 18.2 Å². The summed E-state index contributed by atoms with van der Waals surface area (Å²) in [6, 6.07) is 22.0. The van der Waals surface area contributed by atoms with Crippen molar-refractivity contribution in [3.05, 3.63) is 94.1 Å². The number of hydrogen-bond donors (Lipinski definition) is 1. The first-order valence-corrected chi connectivity index (χ1v) is 12.6. The molecule has 0 fully saturated rings. The number of halogens is 1. The number of pyridine rings is 1. The molecule has 0 radical (unpaired) electrons. The molecule has 0 aliphatic heterocycles. The van der Waals surface area contributed by atoms with Crippen molar-refractivity contribution in [1.82, 2.24) is 4.98 Å². The lowest BCUT2D eigenvalue weighted by atomic mass is 9.90.